The van der Waals surface area contributed by atoms with Crippen molar-refractivity contribution in [2.45, 2.75) is 32.2 Å². The lowest BCUT2D eigenvalue weighted by atomic mass is 10.1. The molecule has 0 bridgehead atoms. The predicted octanol–water partition coefficient (Wildman–Crippen LogP) is 2.07. The summed E-state index contributed by atoms with van der Waals surface area (Å²) in [5, 5.41) is 3.44. The van der Waals surface area contributed by atoms with Gasteiger partial charge < -0.3 is 5.32 Å². The minimum Gasteiger partial charge on any atom is -0.310 e. The second kappa shape index (κ2) is 6.85. The van der Waals surface area contributed by atoms with Crippen LogP contribution in [0, 0.1) is 5.82 Å². The van der Waals surface area contributed by atoms with Crippen molar-refractivity contribution >= 4 is 10.0 Å². The highest BCUT2D eigenvalue weighted by atomic mass is 32.2. The molecule has 0 saturated heterocycles. The van der Waals surface area contributed by atoms with Gasteiger partial charge in [-0.1, -0.05) is 13.0 Å². The van der Waals surface area contributed by atoms with E-state index in [0.717, 1.165) is 31.4 Å². The summed E-state index contributed by atoms with van der Waals surface area (Å²) in [6, 6.07) is 5.22. The van der Waals surface area contributed by atoms with E-state index in [0.29, 0.717) is 13.1 Å². The fourth-order valence-electron chi connectivity index (χ4n) is 2.89. The average Bonchev–Trinajstić information content (AvgIpc) is 2.79. The van der Waals surface area contributed by atoms with Crippen LogP contribution in [0.2, 0.25) is 0 Å². The minimum absolute atomic E-state index is 0.179. The topological polar surface area (TPSA) is 49.4 Å². The highest BCUT2D eigenvalue weighted by Crippen LogP contribution is 2.31. The Morgan fingerprint density at radius 1 is 1.43 bits per heavy atom. The number of aryl methyl sites for hydroxylation is 1. The fourth-order valence-corrected chi connectivity index (χ4v) is 3.82. The first-order valence-corrected chi connectivity index (χ1v) is 9.23. The fraction of sp³-hybridized carbons (Fsp3) is 0.600. The summed E-state index contributed by atoms with van der Waals surface area (Å²) in [5.74, 6) is -0.179. The standard InChI is InChI=1S/C15H23FN2O2S/c1-3-18(21(2,19)20)10-4-9-17-15-8-5-12-11-13(16)6-7-14(12)15/h6-7,11,15,17H,3-5,8-10H2,1-2H3. The third-order valence-corrected chi connectivity index (χ3v) is 5.36. The molecule has 0 amide bonds. The molecule has 1 unspecified atom stereocenters. The molecule has 1 aromatic carbocycles. The van der Waals surface area contributed by atoms with Crippen LogP contribution < -0.4 is 5.32 Å². The average molecular weight is 314 g/mol. The van der Waals surface area contributed by atoms with Crippen molar-refractivity contribution < 1.29 is 12.8 Å². The van der Waals surface area contributed by atoms with Crippen LogP contribution in [-0.4, -0.2) is 38.6 Å². The van der Waals surface area contributed by atoms with Gasteiger partial charge in [0.15, 0.2) is 0 Å². The van der Waals surface area contributed by atoms with Gasteiger partial charge in [0.25, 0.3) is 0 Å². The Balaban J connectivity index is 1.81. The van der Waals surface area contributed by atoms with Crippen molar-refractivity contribution in [2.24, 2.45) is 0 Å². The number of sulfonamides is 1. The summed E-state index contributed by atoms with van der Waals surface area (Å²) in [7, 11) is -3.10. The Kier molecular flexibility index (Phi) is 5.35. The molecule has 0 spiro atoms. The SMILES string of the molecule is CCN(CCCNC1CCc2cc(F)ccc21)S(C)(=O)=O. The molecule has 0 fully saturated rings. The van der Waals surface area contributed by atoms with Crippen LogP contribution >= 0.6 is 0 Å². The monoisotopic (exact) mass is 314 g/mol. The molecule has 1 aliphatic carbocycles. The highest BCUT2D eigenvalue weighted by Gasteiger charge is 2.22. The minimum atomic E-state index is -3.10. The van der Waals surface area contributed by atoms with E-state index in [1.807, 2.05) is 13.0 Å². The molecule has 1 aromatic rings. The summed E-state index contributed by atoms with van der Waals surface area (Å²) in [5.41, 5.74) is 2.26. The first-order chi connectivity index (χ1) is 9.91. The largest absolute Gasteiger partial charge is 0.310 e. The summed E-state index contributed by atoms with van der Waals surface area (Å²) in [6.07, 6.45) is 3.89. The van der Waals surface area contributed by atoms with Crippen LogP contribution in [0.5, 0.6) is 0 Å². The van der Waals surface area contributed by atoms with Gasteiger partial charge in [0.05, 0.1) is 6.26 Å². The number of benzene rings is 1. The Bertz CT molecular complexity index is 589. The first-order valence-electron chi connectivity index (χ1n) is 7.38. The van der Waals surface area contributed by atoms with E-state index in [2.05, 4.69) is 5.32 Å². The van der Waals surface area contributed by atoms with Gasteiger partial charge >= 0.3 is 0 Å². The molecule has 0 aromatic heterocycles. The zero-order chi connectivity index (χ0) is 15.5. The molecule has 1 N–H and O–H groups in total. The van der Waals surface area contributed by atoms with Gasteiger partial charge in [-0.3, -0.25) is 0 Å². The van der Waals surface area contributed by atoms with Crippen LogP contribution in [0.15, 0.2) is 18.2 Å². The van der Waals surface area contributed by atoms with Crippen molar-refractivity contribution in [1.29, 1.82) is 0 Å². The van der Waals surface area contributed by atoms with Gasteiger partial charge in [0.1, 0.15) is 5.82 Å². The van der Waals surface area contributed by atoms with Gasteiger partial charge in [-0.2, -0.15) is 0 Å². The molecule has 1 aliphatic rings. The van der Waals surface area contributed by atoms with Gasteiger partial charge in [0, 0.05) is 19.1 Å². The highest BCUT2D eigenvalue weighted by molar-refractivity contribution is 7.88. The first kappa shape index (κ1) is 16.4. The van der Waals surface area contributed by atoms with Crippen molar-refractivity contribution in [3.63, 3.8) is 0 Å². The Labute approximate surface area is 126 Å². The summed E-state index contributed by atoms with van der Waals surface area (Å²) < 4.78 is 37.6. The molecule has 21 heavy (non-hydrogen) atoms. The lowest BCUT2D eigenvalue weighted by molar-refractivity contribution is 0.410. The van der Waals surface area contributed by atoms with E-state index in [9.17, 15) is 12.8 Å². The van der Waals surface area contributed by atoms with E-state index in [4.69, 9.17) is 0 Å². The molecule has 6 heteroatoms. The number of nitrogens with zero attached hydrogens (tertiary/aromatic N) is 1. The van der Waals surface area contributed by atoms with E-state index in [1.165, 1.54) is 22.2 Å². The zero-order valence-electron chi connectivity index (χ0n) is 12.6. The van der Waals surface area contributed by atoms with E-state index in [1.54, 1.807) is 6.07 Å². The number of nitrogens with one attached hydrogen (secondary N) is 1. The number of halogens is 1. The summed E-state index contributed by atoms with van der Waals surface area (Å²) >= 11 is 0. The van der Waals surface area contributed by atoms with Gasteiger partial charge in [-0.15, -0.1) is 0 Å². The molecular weight excluding hydrogens is 291 g/mol. The predicted molar refractivity (Wildman–Crippen MR) is 82.2 cm³/mol. The third-order valence-electron chi connectivity index (χ3n) is 3.98. The number of rotatable bonds is 7. The maximum atomic E-state index is 13.2. The van der Waals surface area contributed by atoms with E-state index in [-0.39, 0.29) is 11.9 Å². The van der Waals surface area contributed by atoms with Gasteiger partial charge in [-0.05, 0) is 49.1 Å². The van der Waals surface area contributed by atoms with Gasteiger partial charge in [0.2, 0.25) is 10.0 Å². The normalized spacial score (nSPS) is 18.2. The molecule has 118 valence electrons. The van der Waals surface area contributed by atoms with Crippen molar-refractivity contribution in [3.8, 4) is 0 Å². The van der Waals surface area contributed by atoms with Crippen LogP contribution in [0.1, 0.15) is 36.9 Å². The molecule has 1 atom stereocenters. The number of hydrogen-bond acceptors (Lipinski definition) is 3. The molecule has 0 saturated carbocycles. The van der Waals surface area contributed by atoms with Crippen molar-refractivity contribution in [2.75, 3.05) is 25.9 Å². The van der Waals surface area contributed by atoms with Crippen LogP contribution in [0.3, 0.4) is 0 Å². The molecule has 0 heterocycles. The maximum absolute atomic E-state index is 13.2. The van der Waals surface area contributed by atoms with Crippen molar-refractivity contribution in [1.82, 2.24) is 9.62 Å². The summed E-state index contributed by atoms with van der Waals surface area (Å²) in [6.45, 7) is 3.64. The number of hydrogen-bond donors (Lipinski definition) is 1. The smallest absolute Gasteiger partial charge is 0.211 e. The Morgan fingerprint density at radius 2 is 2.19 bits per heavy atom. The Morgan fingerprint density at radius 3 is 2.86 bits per heavy atom. The second-order valence-corrected chi connectivity index (χ2v) is 7.48. The van der Waals surface area contributed by atoms with Crippen LogP contribution in [-0.2, 0) is 16.4 Å². The zero-order valence-corrected chi connectivity index (χ0v) is 13.4. The van der Waals surface area contributed by atoms with Gasteiger partial charge in [-0.25, -0.2) is 17.1 Å². The lowest BCUT2D eigenvalue weighted by Crippen LogP contribution is -2.32. The molecule has 0 aliphatic heterocycles. The lowest BCUT2D eigenvalue weighted by Gasteiger charge is -2.19. The van der Waals surface area contributed by atoms with E-state index < -0.39 is 10.0 Å². The number of fused-ring (bicyclic) bond motifs is 1. The molecular formula is C15H23FN2O2S. The Hall–Kier alpha value is -0.980. The second-order valence-electron chi connectivity index (χ2n) is 5.50. The van der Waals surface area contributed by atoms with Crippen LogP contribution in [0.4, 0.5) is 4.39 Å². The molecule has 2 rings (SSSR count). The van der Waals surface area contributed by atoms with Crippen LogP contribution in [0.25, 0.3) is 0 Å². The quantitative estimate of drug-likeness (QED) is 0.784. The molecule has 0 radical (unpaired) electrons. The van der Waals surface area contributed by atoms with E-state index >= 15 is 0 Å². The van der Waals surface area contributed by atoms with Crippen molar-refractivity contribution in [3.05, 3.63) is 35.1 Å². The molecule has 4 nitrogen and oxygen atoms in total. The summed E-state index contributed by atoms with van der Waals surface area (Å²) in [4.78, 5) is 0. The third kappa shape index (κ3) is 4.25. The maximum Gasteiger partial charge on any atom is 0.211 e.